The summed E-state index contributed by atoms with van der Waals surface area (Å²) in [7, 11) is 0. The maximum absolute atomic E-state index is 5.63. The van der Waals surface area contributed by atoms with E-state index in [-0.39, 0.29) is 12.1 Å². The molecule has 0 saturated heterocycles. The van der Waals surface area contributed by atoms with E-state index < -0.39 is 0 Å². The predicted molar refractivity (Wildman–Crippen MR) is 73.3 cm³/mol. The molecule has 102 valence electrons. The van der Waals surface area contributed by atoms with Crippen LogP contribution in [0.1, 0.15) is 40.5 Å². The standard InChI is InChI=1S/C14H24N2O2/c1-5-9(3)11-7-17-13(15-11)14-16-12(8-18-14)10(4)6-2/h9-12H,5-8H2,1-4H3/t9-,10-,11+,12+/m1/s1. The molecule has 4 nitrogen and oxygen atoms in total. The molecule has 0 radical (unpaired) electrons. The van der Waals surface area contributed by atoms with Crippen LogP contribution < -0.4 is 0 Å². The molecule has 0 aromatic heterocycles. The summed E-state index contributed by atoms with van der Waals surface area (Å²) < 4.78 is 11.3. The first-order valence-corrected chi connectivity index (χ1v) is 7.07. The quantitative estimate of drug-likeness (QED) is 0.755. The van der Waals surface area contributed by atoms with Crippen molar-refractivity contribution in [2.45, 2.75) is 52.6 Å². The van der Waals surface area contributed by atoms with Crippen molar-refractivity contribution in [3.05, 3.63) is 0 Å². The Labute approximate surface area is 109 Å². The highest BCUT2D eigenvalue weighted by atomic mass is 16.5. The second-order valence-electron chi connectivity index (χ2n) is 5.40. The number of hydrogen-bond donors (Lipinski definition) is 0. The molecule has 0 aromatic carbocycles. The fraction of sp³-hybridized carbons (Fsp3) is 0.857. The van der Waals surface area contributed by atoms with Gasteiger partial charge in [-0.25, -0.2) is 9.98 Å². The van der Waals surface area contributed by atoms with E-state index in [4.69, 9.17) is 9.47 Å². The van der Waals surface area contributed by atoms with Gasteiger partial charge in [-0.2, -0.15) is 0 Å². The highest BCUT2D eigenvalue weighted by Crippen LogP contribution is 2.21. The Hall–Kier alpha value is -1.06. The molecule has 18 heavy (non-hydrogen) atoms. The van der Waals surface area contributed by atoms with Crippen LogP contribution in [-0.4, -0.2) is 37.1 Å². The smallest absolute Gasteiger partial charge is 0.273 e. The minimum atomic E-state index is 0.263. The van der Waals surface area contributed by atoms with Crippen LogP contribution in [0.25, 0.3) is 0 Å². The third-order valence-corrected chi connectivity index (χ3v) is 4.13. The van der Waals surface area contributed by atoms with Gasteiger partial charge in [-0.1, -0.05) is 40.5 Å². The zero-order valence-electron chi connectivity index (χ0n) is 11.8. The van der Waals surface area contributed by atoms with Gasteiger partial charge in [-0.15, -0.1) is 0 Å². The molecule has 0 aromatic rings. The molecule has 0 N–H and O–H groups in total. The monoisotopic (exact) mass is 252 g/mol. The highest BCUT2D eigenvalue weighted by molar-refractivity contribution is 6.36. The predicted octanol–water partition coefficient (Wildman–Crippen LogP) is 2.67. The summed E-state index contributed by atoms with van der Waals surface area (Å²) in [6, 6.07) is 0.526. The second kappa shape index (κ2) is 5.72. The minimum absolute atomic E-state index is 0.263. The lowest BCUT2D eigenvalue weighted by Crippen LogP contribution is -2.16. The van der Waals surface area contributed by atoms with E-state index >= 15 is 0 Å². The lowest BCUT2D eigenvalue weighted by molar-refractivity contribution is 0.265. The number of hydrogen-bond acceptors (Lipinski definition) is 4. The fourth-order valence-electron chi connectivity index (χ4n) is 2.14. The molecule has 0 aliphatic carbocycles. The van der Waals surface area contributed by atoms with E-state index in [1.54, 1.807) is 0 Å². The van der Waals surface area contributed by atoms with Crippen LogP contribution in [0.3, 0.4) is 0 Å². The highest BCUT2D eigenvalue weighted by Gasteiger charge is 2.32. The van der Waals surface area contributed by atoms with Crippen LogP contribution >= 0.6 is 0 Å². The first-order valence-electron chi connectivity index (χ1n) is 7.07. The van der Waals surface area contributed by atoms with Crippen LogP contribution in [0, 0.1) is 11.8 Å². The summed E-state index contributed by atoms with van der Waals surface area (Å²) in [6.07, 6.45) is 2.24. The summed E-state index contributed by atoms with van der Waals surface area (Å²) in [5.41, 5.74) is 0. The van der Waals surface area contributed by atoms with Crippen LogP contribution in [-0.2, 0) is 9.47 Å². The Bertz CT molecular complexity index is 318. The van der Waals surface area contributed by atoms with E-state index in [9.17, 15) is 0 Å². The van der Waals surface area contributed by atoms with Gasteiger partial charge >= 0.3 is 0 Å². The van der Waals surface area contributed by atoms with Crippen molar-refractivity contribution in [1.29, 1.82) is 0 Å². The normalized spacial score (nSPS) is 30.2. The van der Waals surface area contributed by atoms with E-state index in [0.717, 1.165) is 12.8 Å². The van der Waals surface area contributed by atoms with Crippen LogP contribution in [0.15, 0.2) is 9.98 Å². The molecular formula is C14H24N2O2. The first-order chi connectivity index (χ1) is 8.65. The van der Waals surface area contributed by atoms with Crippen LogP contribution in [0.4, 0.5) is 0 Å². The molecule has 0 amide bonds. The number of aliphatic imine (C=N–C) groups is 2. The first kappa shape index (κ1) is 13.4. The van der Waals surface area contributed by atoms with E-state index in [1.807, 2.05) is 0 Å². The number of ether oxygens (including phenoxy) is 2. The van der Waals surface area contributed by atoms with E-state index in [0.29, 0.717) is 36.8 Å². The van der Waals surface area contributed by atoms with Crippen LogP contribution in [0.5, 0.6) is 0 Å². The van der Waals surface area contributed by atoms with Gasteiger partial charge in [-0.3, -0.25) is 0 Å². The van der Waals surface area contributed by atoms with Gasteiger partial charge in [0, 0.05) is 0 Å². The molecule has 4 atom stereocenters. The molecule has 2 heterocycles. The Morgan fingerprint density at radius 1 is 0.944 bits per heavy atom. The van der Waals surface area contributed by atoms with Crippen molar-refractivity contribution in [2.24, 2.45) is 21.8 Å². The van der Waals surface area contributed by atoms with Crippen molar-refractivity contribution in [1.82, 2.24) is 0 Å². The second-order valence-corrected chi connectivity index (χ2v) is 5.40. The summed E-state index contributed by atoms with van der Waals surface area (Å²) in [6.45, 7) is 10.1. The Kier molecular flexibility index (Phi) is 4.25. The molecule has 0 spiro atoms. The Morgan fingerprint density at radius 3 is 1.67 bits per heavy atom. The Balaban J connectivity index is 2.01. The molecule has 0 fully saturated rings. The van der Waals surface area contributed by atoms with Gasteiger partial charge in [0.1, 0.15) is 13.2 Å². The van der Waals surface area contributed by atoms with Crippen LogP contribution in [0.2, 0.25) is 0 Å². The summed E-state index contributed by atoms with van der Waals surface area (Å²) in [5.74, 6) is 2.34. The van der Waals surface area contributed by atoms with Crippen molar-refractivity contribution < 1.29 is 9.47 Å². The fourth-order valence-corrected chi connectivity index (χ4v) is 2.14. The number of rotatable bonds is 5. The third kappa shape index (κ3) is 2.68. The summed E-state index contributed by atoms with van der Waals surface area (Å²) >= 11 is 0. The van der Waals surface area contributed by atoms with Gasteiger partial charge in [0.15, 0.2) is 0 Å². The van der Waals surface area contributed by atoms with Gasteiger partial charge in [0.05, 0.1) is 12.1 Å². The van der Waals surface area contributed by atoms with Gasteiger partial charge < -0.3 is 9.47 Å². The average molecular weight is 252 g/mol. The molecular weight excluding hydrogens is 228 g/mol. The van der Waals surface area contributed by atoms with Gasteiger partial charge in [0.2, 0.25) is 0 Å². The SMILES string of the molecule is CC[C@@H](C)[C@@H]1COC(C2=N[C@H]([C@H](C)CC)CO2)=N1. The molecule has 2 aliphatic heterocycles. The van der Waals surface area contributed by atoms with E-state index in [1.165, 1.54) is 0 Å². The zero-order chi connectivity index (χ0) is 13.1. The van der Waals surface area contributed by atoms with Crippen molar-refractivity contribution in [3.63, 3.8) is 0 Å². The Morgan fingerprint density at radius 2 is 1.33 bits per heavy atom. The molecule has 0 bridgehead atoms. The topological polar surface area (TPSA) is 43.2 Å². The maximum atomic E-state index is 5.63. The third-order valence-electron chi connectivity index (χ3n) is 4.13. The van der Waals surface area contributed by atoms with Crippen molar-refractivity contribution in [3.8, 4) is 0 Å². The summed E-state index contributed by atoms with van der Waals surface area (Å²) in [5, 5.41) is 0. The average Bonchev–Trinajstić information content (AvgIpc) is 3.04. The molecule has 2 aliphatic rings. The minimum Gasteiger partial charge on any atom is -0.472 e. The molecule has 2 rings (SSSR count). The lowest BCUT2D eigenvalue weighted by Gasteiger charge is -2.11. The maximum Gasteiger partial charge on any atom is 0.273 e. The zero-order valence-corrected chi connectivity index (χ0v) is 11.8. The number of nitrogens with zero attached hydrogens (tertiary/aromatic N) is 2. The molecule has 4 heteroatoms. The van der Waals surface area contributed by atoms with Gasteiger partial charge in [0.25, 0.3) is 11.8 Å². The van der Waals surface area contributed by atoms with Gasteiger partial charge in [-0.05, 0) is 11.8 Å². The van der Waals surface area contributed by atoms with Crippen molar-refractivity contribution >= 4 is 11.8 Å². The summed E-state index contributed by atoms with van der Waals surface area (Å²) in [4.78, 5) is 9.20. The largest absolute Gasteiger partial charge is 0.472 e. The van der Waals surface area contributed by atoms with E-state index in [2.05, 4.69) is 37.7 Å². The molecule has 0 saturated carbocycles. The lowest BCUT2D eigenvalue weighted by atomic mass is 10.0. The van der Waals surface area contributed by atoms with Crippen molar-refractivity contribution in [2.75, 3.05) is 13.2 Å². The molecule has 0 unspecified atom stereocenters.